The number of hydrogen-bond donors (Lipinski definition) is 1. The lowest BCUT2D eigenvalue weighted by Crippen LogP contribution is -2.49. The fraction of sp³-hybridized carbons (Fsp3) is 0.406. The molecule has 1 N–H and O–H groups in total. The molecule has 1 fully saturated rings. The van der Waals surface area contributed by atoms with Crippen LogP contribution in [-0.2, 0) is 6.54 Å². The van der Waals surface area contributed by atoms with Crippen molar-refractivity contribution in [3.63, 3.8) is 0 Å². The maximum absolute atomic E-state index is 13.2. The van der Waals surface area contributed by atoms with E-state index in [0.717, 1.165) is 47.8 Å². The number of piperazine rings is 1. The molecule has 2 amide bonds. The van der Waals surface area contributed by atoms with Crippen molar-refractivity contribution in [1.82, 2.24) is 34.9 Å². The van der Waals surface area contributed by atoms with Gasteiger partial charge in [-0.1, -0.05) is 26.0 Å². The maximum atomic E-state index is 13.2. The molecule has 43 heavy (non-hydrogen) atoms. The number of amides is 2. The van der Waals surface area contributed by atoms with Gasteiger partial charge in [-0.2, -0.15) is 5.10 Å². The Morgan fingerprint density at radius 3 is 2.42 bits per heavy atom. The van der Waals surface area contributed by atoms with Gasteiger partial charge in [0.1, 0.15) is 17.9 Å². The highest BCUT2D eigenvalue weighted by molar-refractivity contribution is 5.98. The summed E-state index contributed by atoms with van der Waals surface area (Å²) >= 11 is 0. The van der Waals surface area contributed by atoms with Crippen LogP contribution >= 0.6 is 0 Å². The van der Waals surface area contributed by atoms with E-state index in [2.05, 4.69) is 44.0 Å². The average molecular weight is 585 g/mol. The summed E-state index contributed by atoms with van der Waals surface area (Å²) in [6.45, 7) is 13.1. The first kappa shape index (κ1) is 30.0. The summed E-state index contributed by atoms with van der Waals surface area (Å²) in [7, 11) is 0. The molecule has 1 aliphatic heterocycles. The van der Waals surface area contributed by atoms with Gasteiger partial charge in [0, 0.05) is 50.4 Å². The molecular formula is C32H40N8O3. The molecule has 5 rings (SSSR count). The first-order valence-electron chi connectivity index (χ1n) is 15.0. The molecule has 0 aliphatic carbocycles. The maximum Gasteiger partial charge on any atom is 0.253 e. The fourth-order valence-corrected chi connectivity index (χ4v) is 5.36. The molecule has 0 radical (unpaired) electrons. The van der Waals surface area contributed by atoms with Crippen molar-refractivity contribution in [2.24, 2.45) is 0 Å². The Bertz CT molecular complexity index is 1530. The lowest BCUT2D eigenvalue weighted by Gasteiger charge is -2.35. The minimum Gasteiger partial charge on any atom is -0.494 e. The summed E-state index contributed by atoms with van der Waals surface area (Å²) in [6, 6.07) is 14.9. The van der Waals surface area contributed by atoms with Gasteiger partial charge in [-0.15, -0.1) is 0 Å². The Balaban J connectivity index is 1.18. The number of fused-ring (bicyclic) bond motifs is 1. The Labute approximate surface area is 252 Å². The molecule has 0 spiro atoms. The zero-order valence-corrected chi connectivity index (χ0v) is 25.2. The molecule has 0 saturated carbocycles. The molecule has 2 aromatic carbocycles. The molecule has 226 valence electrons. The predicted octanol–water partition coefficient (Wildman–Crippen LogP) is 3.31. The van der Waals surface area contributed by atoms with Gasteiger partial charge < -0.3 is 24.8 Å². The Kier molecular flexibility index (Phi) is 9.83. The third-order valence-corrected chi connectivity index (χ3v) is 7.82. The highest BCUT2D eigenvalue weighted by Gasteiger charge is 2.25. The molecule has 0 atom stereocenters. The summed E-state index contributed by atoms with van der Waals surface area (Å²) < 4.78 is 7.51. The van der Waals surface area contributed by atoms with Crippen molar-refractivity contribution in [1.29, 1.82) is 0 Å². The number of carbonyl (C=O) groups is 2. The van der Waals surface area contributed by atoms with Gasteiger partial charge in [-0.3, -0.25) is 9.59 Å². The standard InChI is InChI=1S/C32H40N8O3/c1-4-37(5-2)15-14-33-31(41)25-10-12-26(13-11-25)32(42)39-18-16-38(17-19-39)29-28-21-36-40(30(28)35-23-34-29)22-24-8-7-9-27(20-24)43-6-3/h7-13,20-21,23H,4-6,14-19,22H2,1-3H3,(H,33,41). The van der Waals surface area contributed by atoms with Crippen LogP contribution < -0.4 is 15.0 Å². The molecular weight excluding hydrogens is 544 g/mol. The zero-order chi connectivity index (χ0) is 30.2. The Morgan fingerprint density at radius 2 is 1.70 bits per heavy atom. The SMILES string of the molecule is CCOc1cccc(Cn2ncc3c(N4CCN(C(=O)c5ccc(C(=O)NCCN(CC)CC)cc5)CC4)ncnc32)c1. The molecule has 1 saturated heterocycles. The van der Waals surface area contributed by atoms with Gasteiger partial charge in [0.25, 0.3) is 11.8 Å². The van der Waals surface area contributed by atoms with Gasteiger partial charge in [0.05, 0.1) is 24.7 Å². The van der Waals surface area contributed by atoms with Crippen molar-refractivity contribution in [2.45, 2.75) is 27.3 Å². The largest absolute Gasteiger partial charge is 0.494 e. The van der Waals surface area contributed by atoms with Crippen molar-refractivity contribution in [3.05, 3.63) is 77.7 Å². The summed E-state index contributed by atoms with van der Waals surface area (Å²) in [6.07, 6.45) is 3.39. The lowest BCUT2D eigenvalue weighted by molar-refractivity contribution is 0.0746. The van der Waals surface area contributed by atoms with E-state index in [1.165, 1.54) is 0 Å². The number of rotatable bonds is 12. The van der Waals surface area contributed by atoms with Crippen LogP contribution in [-0.4, -0.2) is 100 Å². The monoisotopic (exact) mass is 584 g/mol. The third-order valence-electron chi connectivity index (χ3n) is 7.82. The second kappa shape index (κ2) is 14.1. The molecule has 11 nitrogen and oxygen atoms in total. The number of nitrogens with zero attached hydrogens (tertiary/aromatic N) is 7. The molecule has 0 unspecified atom stereocenters. The molecule has 1 aliphatic rings. The van der Waals surface area contributed by atoms with E-state index in [1.807, 2.05) is 47.0 Å². The average Bonchev–Trinajstić information content (AvgIpc) is 3.46. The minimum atomic E-state index is -0.127. The summed E-state index contributed by atoms with van der Waals surface area (Å²) in [5.74, 6) is 1.49. The van der Waals surface area contributed by atoms with Crippen molar-refractivity contribution < 1.29 is 14.3 Å². The van der Waals surface area contributed by atoms with Crippen LogP contribution in [0.15, 0.2) is 61.1 Å². The molecule has 0 bridgehead atoms. The zero-order valence-electron chi connectivity index (χ0n) is 25.2. The topological polar surface area (TPSA) is 109 Å². The quantitative estimate of drug-likeness (QED) is 0.270. The van der Waals surface area contributed by atoms with Crippen LogP contribution in [0.4, 0.5) is 5.82 Å². The summed E-state index contributed by atoms with van der Waals surface area (Å²) in [5.41, 5.74) is 2.97. The van der Waals surface area contributed by atoms with Gasteiger partial charge >= 0.3 is 0 Å². The van der Waals surface area contributed by atoms with Crippen LogP contribution in [0.3, 0.4) is 0 Å². The summed E-state index contributed by atoms with van der Waals surface area (Å²) in [4.78, 5) is 41.2. The number of nitrogens with one attached hydrogen (secondary N) is 1. The minimum absolute atomic E-state index is 0.0388. The van der Waals surface area contributed by atoms with E-state index in [-0.39, 0.29) is 11.8 Å². The molecule has 2 aromatic heterocycles. The number of carbonyl (C=O) groups excluding carboxylic acids is 2. The van der Waals surface area contributed by atoms with Crippen molar-refractivity contribution in [2.75, 3.05) is 63.9 Å². The molecule has 4 aromatic rings. The van der Waals surface area contributed by atoms with E-state index >= 15 is 0 Å². The molecule has 11 heteroatoms. The highest BCUT2D eigenvalue weighted by Crippen LogP contribution is 2.25. The number of hydrogen-bond acceptors (Lipinski definition) is 8. The fourth-order valence-electron chi connectivity index (χ4n) is 5.36. The van der Waals surface area contributed by atoms with E-state index in [0.29, 0.717) is 57.0 Å². The number of anilines is 1. The first-order valence-corrected chi connectivity index (χ1v) is 15.0. The smallest absolute Gasteiger partial charge is 0.253 e. The second-order valence-electron chi connectivity index (χ2n) is 10.5. The highest BCUT2D eigenvalue weighted by atomic mass is 16.5. The van der Waals surface area contributed by atoms with E-state index in [1.54, 1.807) is 30.6 Å². The number of ether oxygens (including phenoxy) is 1. The number of aromatic nitrogens is 4. The summed E-state index contributed by atoms with van der Waals surface area (Å²) in [5, 5.41) is 8.45. The van der Waals surface area contributed by atoms with E-state index in [9.17, 15) is 9.59 Å². The normalized spacial score (nSPS) is 13.5. The predicted molar refractivity (Wildman–Crippen MR) is 167 cm³/mol. The van der Waals surface area contributed by atoms with Gasteiger partial charge in [0.15, 0.2) is 5.65 Å². The number of benzene rings is 2. The first-order chi connectivity index (χ1) is 21.0. The Morgan fingerprint density at radius 1 is 0.953 bits per heavy atom. The van der Waals surface area contributed by atoms with Crippen LogP contribution in [0.1, 0.15) is 47.1 Å². The van der Waals surface area contributed by atoms with E-state index < -0.39 is 0 Å². The molecule has 3 heterocycles. The van der Waals surface area contributed by atoms with Crippen LogP contribution in [0.25, 0.3) is 11.0 Å². The van der Waals surface area contributed by atoms with Crippen LogP contribution in [0.2, 0.25) is 0 Å². The number of likely N-dealkylation sites (N-methyl/N-ethyl adjacent to an activating group) is 1. The van der Waals surface area contributed by atoms with E-state index in [4.69, 9.17) is 4.74 Å². The Hall–Kier alpha value is -4.51. The van der Waals surface area contributed by atoms with Crippen LogP contribution in [0.5, 0.6) is 5.75 Å². The van der Waals surface area contributed by atoms with Gasteiger partial charge in [-0.05, 0) is 62.0 Å². The van der Waals surface area contributed by atoms with Gasteiger partial charge in [0.2, 0.25) is 0 Å². The van der Waals surface area contributed by atoms with Crippen molar-refractivity contribution >= 4 is 28.7 Å². The third kappa shape index (κ3) is 7.11. The second-order valence-corrected chi connectivity index (χ2v) is 10.5. The van der Waals surface area contributed by atoms with Crippen LogP contribution in [0, 0.1) is 0 Å². The van der Waals surface area contributed by atoms with Gasteiger partial charge in [-0.25, -0.2) is 14.6 Å². The lowest BCUT2D eigenvalue weighted by atomic mass is 10.1. The van der Waals surface area contributed by atoms with Crippen molar-refractivity contribution in [3.8, 4) is 5.75 Å².